The Bertz CT molecular complexity index is 2740. The van der Waals surface area contributed by atoms with Crippen molar-refractivity contribution in [3.63, 3.8) is 0 Å². The molecule has 15 nitrogen and oxygen atoms in total. The van der Waals surface area contributed by atoms with E-state index < -0.39 is 31.4 Å². The highest BCUT2D eigenvalue weighted by Crippen LogP contribution is 2.49. The van der Waals surface area contributed by atoms with Gasteiger partial charge in [-0.05, 0) is 143 Å². The smallest absolute Gasteiger partial charge is 0.293 e. The number of rotatable bonds is 14. The van der Waals surface area contributed by atoms with Gasteiger partial charge in [-0.1, -0.05) is 29.3 Å². The van der Waals surface area contributed by atoms with Gasteiger partial charge in [0, 0.05) is 92.9 Å². The number of piperazine rings is 1. The summed E-state index contributed by atoms with van der Waals surface area (Å²) in [6.45, 7) is 12.6. The molecule has 354 valence electrons. The fraction of sp³-hybridized carbons (Fsp3) is 0.440. The number of halogens is 1. The highest BCUT2D eigenvalue weighted by molar-refractivity contribution is 7.90. The summed E-state index contributed by atoms with van der Waals surface area (Å²) < 4.78 is 41.4. The van der Waals surface area contributed by atoms with Crippen LogP contribution in [-0.4, -0.2) is 111 Å². The van der Waals surface area contributed by atoms with Gasteiger partial charge in [0.15, 0.2) is 0 Å². The number of allylic oxidation sites excluding steroid dienone is 1. The molecular formula is C50H59ClN8O7S. The first-order chi connectivity index (χ1) is 32.3. The van der Waals surface area contributed by atoms with Crippen molar-refractivity contribution in [2.24, 2.45) is 11.3 Å². The molecule has 1 aliphatic carbocycles. The summed E-state index contributed by atoms with van der Waals surface area (Å²) in [5.74, 6) is -0.183. The number of pyridine rings is 1. The molecule has 5 heterocycles. The fourth-order valence-electron chi connectivity index (χ4n) is 10.2. The maximum atomic E-state index is 14.0. The van der Waals surface area contributed by atoms with E-state index in [9.17, 15) is 23.3 Å². The highest BCUT2D eigenvalue weighted by atomic mass is 35.5. The number of nitro groups is 1. The minimum atomic E-state index is -4.56. The number of H-pyrrole nitrogens is 1. The molecule has 3 aromatic carbocycles. The number of piperidine rings is 1. The van der Waals surface area contributed by atoms with Gasteiger partial charge in [-0.3, -0.25) is 19.8 Å². The number of benzene rings is 3. The Hall–Kier alpha value is -5.52. The predicted octanol–water partition coefficient (Wildman–Crippen LogP) is 9.12. The lowest BCUT2D eigenvalue weighted by Gasteiger charge is -2.47. The summed E-state index contributed by atoms with van der Waals surface area (Å²) in [6, 6.07) is 21.2. The second-order valence-electron chi connectivity index (χ2n) is 18.8. The first-order valence-electron chi connectivity index (χ1n) is 23.4. The zero-order chi connectivity index (χ0) is 46.7. The van der Waals surface area contributed by atoms with Crippen LogP contribution in [0, 0.1) is 21.4 Å². The molecule has 0 unspecified atom stereocenters. The van der Waals surface area contributed by atoms with E-state index in [1.54, 1.807) is 30.5 Å². The summed E-state index contributed by atoms with van der Waals surface area (Å²) in [7, 11) is -4.56. The standard InChI is InChI=1S/C50H59ClN8O7S/c1-34(2)57-19-16-50(17-20-57)15-11-43(36-3-5-39(51)6-4-36)38(30-50)33-56-21-23-58(24-22-56)40-7-9-44(47(28-40)66-41-27-37-12-18-52-48(37)54-32-41)49(60)55-67(63,64)42-8-10-45(46(29-42)59(61)62)53-31-35-13-25-65-26-14-35/h3-10,12,18,27-29,32,34-35,53H,11,13-17,19-26,30-31,33H2,1-2H3,(H,52,54)(H,55,60). The monoisotopic (exact) mass is 950 g/mol. The van der Waals surface area contributed by atoms with Crippen molar-refractivity contribution in [3.8, 4) is 11.5 Å². The Morgan fingerprint density at radius 2 is 1.75 bits per heavy atom. The van der Waals surface area contributed by atoms with Crippen molar-refractivity contribution in [2.45, 2.75) is 69.7 Å². The fourth-order valence-corrected chi connectivity index (χ4v) is 11.4. The summed E-state index contributed by atoms with van der Waals surface area (Å²) in [4.78, 5) is 40.0. The van der Waals surface area contributed by atoms with Crippen LogP contribution in [-0.2, 0) is 14.8 Å². The topological polar surface area (TPSA) is 175 Å². The Morgan fingerprint density at radius 1 is 0.985 bits per heavy atom. The predicted molar refractivity (Wildman–Crippen MR) is 262 cm³/mol. The molecule has 3 N–H and O–H groups in total. The van der Waals surface area contributed by atoms with Crippen LogP contribution < -0.4 is 19.7 Å². The number of carbonyl (C=O) groups excluding carboxylic acids is 1. The minimum absolute atomic E-state index is 0.0310. The number of hydrogen-bond acceptors (Lipinski definition) is 12. The second-order valence-corrected chi connectivity index (χ2v) is 21.0. The number of nitrogens with zero attached hydrogens (tertiary/aromatic N) is 5. The van der Waals surface area contributed by atoms with E-state index in [4.69, 9.17) is 21.1 Å². The van der Waals surface area contributed by atoms with Gasteiger partial charge in [-0.15, -0.1) is 0 Å². The summed E-state index contributed by atoms with van der Waals surface area (Å²) >= 11 is 6.33. The van der Waals surface area contributed by atoms with Gasteiger partial charge in [-0.25, -0.2) is 18.1 Å². The molecule has 17 heteroatoms. The summed E-state index contributed by atoms with van der Waals surface area (Å²) in [6.07, 6.45) is 10.8. The van der Waals surface area contributed by atoms with Crippen LogP contribution in [0.2, 0.25) is 5.02 Å². The maximum Gasteiger partial charge on any atom is 0.293 e. The van der Waals surface area contributed by atoms with Crippen molar-refractivity contribution in [1.82, 2.24) is 24.5 Å². The minimum Gasteiger partial charge on any atom is -0.455 e. The number of sulfonamides is 1. The number of aromatic amines is 1. The first-order valence-corrected chi connectivity index (χ1v) is 25.3. The van der Waals surface area contributed by atoms with Gasteiger partial charge in [0.1, 0.15) is 22.8 Å². The van der Waals surface area contributed by atoms with Gasteiger partial charge < -0.3 is 29.6 Å². The largest absolute Gasteiger partial charge is 0.455 e. The van der Waals surface area contributed by atoms with E-state index in [0.717, 1.165) is 93.7 Å². The lowest BCUT2D eigenvalue weighted by Crippen LogP contribution is -2.48. The van der Waals surface area contributed by atoms with Gasteiger partial charge in [0.05, 0.1) is 21.6 Å². The molecule has 0 radical (unpaired) electrons. The molecule has 1 spiro atoms. The molecule has 4 aliphatic rings. The molecule has 9 rings (SSSR count). The number of anilines is 2. The third-order valence-corrected chi connectivity index (χ3v) is 15.9. The molecule has 5 aromatic rings. The van der Waals surface area contributed by atoms with Gasteiger partial charge in [0.2, 0.25) is 0 Å². The Morgan fingerprint density at radius 3 is 2.48 bits per heavy atom. The van der Waals surface area contributed by atoms with Crippen LogP contribution in [0.3, 0.4) is 0 Å². The molecule has 3 fully saturated rings. The van der Waals surface area contributed by atoms with Crippen molar-refractivity contribution in [1.29, 1.82) is 0 Å². The van der Waals surface area contributed by atoms with Crippen molar-refractivity contribution in [2.75, 3.05) is 75.8 Å². The average molecular weight is 952 g/mol. The van der Waals surface area contributed by atoms with E-state index in [0.29, 0.717) is 42.6 Å². The number of carbonyl (C=O) groups is 1. The van der Waals surface area contributed by atoms with E-state index >= 15 is 0 Å². The van der Waals surface area contributed by atoms with Crippen LogP contribution in [0.5, 0.6) is 11.5 Å². The van der Waals surface area contributed by atoms with Gasteiger partial charge in [0.25, 0.3) is 21.6 Å². The number of aromatic nitrogens is 2. The number of amides is 1. The molecule has 0 atom stereocenters. The number of fused-ring (bicyclic) bond motifs is 1. The van der Waals surface area contributed by atoms with E-state index in [2.05, 4.69) is 60.7 Å². The number of ether oxygens (including phenoxy) is 2. The summed E-state index contributed by atoms with van der Waals surface area (Å²) in [5, 5.41) is 16.8. The number of nitrogens with one attached hydrogen (secondary N) is 3. The normalized spacial score (nSPS) is 18.7. The first kappa shape index (κ1) is 46.6. The van der Waals surface area contributed by atoms with Crippen LogP contribution in [0.4, 0.5) is 17.1 Å². The average Bonchev–Trinajstić information content (AvgIpc) is 3.80. The number of nitro benzene ring substituents is 1. The molecule has 0 bridgehead atoms. The third kappa shape index (κ3) is 10.8. The van der Waals surface area contributed by atoms with Crippen LogP contribution in [0.15, 0.2) is 95.7 Å². The zero-order valence-corrected chi connectivity index (χ0v) is 39.7. The zero-order valence-electron chi connectivity index (χ0n) is 38.1. The molecule has 0 saturated carbocycles. The van der Waals surface area contributed by atoms with E-state index in [-0.39, 0.29) is 22.9 Å². The van der Waals surface area contributed by atoms with Crippen LogP contribution in [0.25, 0.3) is 16.6 Å². The van der Waals surface area contributed by atoms with E-state index in [1.165, 1.54) is 54.3 Å². The quantitative estimate of drug-likeness (QED) is 0.0713. The molecule has 3 aliphatic heterocycles. The van der Waals surface area contributed by atoms with Crippen molar-refractivity contribution >= 4 is 61.2 Å². The summed E-state index contributed by atoms with van der Waals surface area (Å²) in [5.41, 5.74) is 5.81. The molecule has 3 saturated heterocycles. The SMILES string of the molecule is CC(C)N1CCC2(CCC(c3ccc(Cl)cc3)=C(CN3CCN(c4ccc(C(=O)NS(=O)(=O)c5ccc(NCC6CCOCC6)c([N+](=O)[O-])c5)c(Oc5cnc6[nH]ccc6c5)c4)CC3)C2)CC1. The number of hydrogen-bond donors (Lipinski definition) is 3. The lowest BCUT2D eigenvalue weighted by molar-refractivity contribution is -0.384. The molecular weight excluding hydrogens is 892 g/mol. The van der Waals surface area contributed by atoms with Gasteiger partial charge in [-0.2, -0.15) is 0 Å². The van der Waals surface area contributed by atoms with Crippen LogP contribution >= 0.6 is 11.6 Å². The van der Waals surface area contributed by atoms with Crippen molar-refractivity contribution in [3.05, 3.63) is 117 Å². The molecule has 2 aromatic heterocycles. The van der Waals surface area contributed by atoms with Crippen molar-refractivity contribution < 1.29 is 27.6 Å². The Balaban J connectivity index is 0.924. The third-order valence-electron chi connectivity index (χ3n) is 14.3. The Labute approximate surface area is 397 Å². The Kier molecular flexibility index (Phi) is 13.9. The second kappa shape index (κ2) is 20.0. The van der Waals surface area contributed by atoms with E-state index in [1.807, 2.05) is 18.2 Å². The molecule has 1 amide bonds. The van der Waals surface area contributed by atoms with Crippen LogP contribution in [0.1, 0.15) is 74.7 Å². The molecule has 67 heavy (non-hydrogen) atoms. The maximum absolute atomic E-state index is 14.0. The highest BCUT2D eigenvalue weighted by Gasteiger charge is 2.39. The van der Waals surface area contributed by atoms with Gasteiger partial charge >= 0.3 is 0 Å². The lowest BCUT2D eigenvalue weighted by atomic mass is 9.65. The number of likely N-dealkylation sites (tertiary alicyclic amines) is 1.